The molecule has 3 N–H and O–H groups in total. The molecule has 0 aromatic heterocycles. The highest BCUT2D eigenvalue weighted by Crippen LogP contribution is 2.76. The minimum atomic E-state index is -4.66. The Balaban J connectivity index is 1.59. The molecule has 0 aliphatic heterocycles. The molecule has 4 saturated carbocycles. The summed E-state index contributed by atoms with van der Waals surface area (Å²) in [5.74, 6) is -0.115. The van der Waals surface area contributed by atoms with Crippen LogP contribution in [0.15, 0.2) is 11.6 Å². The SMILES string of the molecule is CC1CCC2(C(=O)O)CCC3(C)C(=CCC4C5(C)CCC(OP(=O)(O)O)C(C)(C)C5CC(F)C43C)C2C1C. The summed E-state index contributed by atoms with van der Waals surface area (Å²) < 4.78 is 34.0. The van der Waals surface area contributed by atoms with E-state index < -0.39 is 47.7 Å². The summed E-state index contributed by atoms with van der Waals surface area (Å²) in [6, 6.07) is 0. The molecule has 0 aromatic carbocycles. The summed E-state index contributed by atoms with van der Waals surface area (Å²) >= 11 is 0. The molecule has 0 saturated heterocycles. The Hall–Kier alpha value is -0.750. The number of carbonyl (C=O) groups is 1. The second-order valence-electron chi connectivity index (χ2n) is 15.1. The average molecular weight is 555 g/mol. The highest BCUT2D eigenvalue weighted by molar-refractivity contribution is 7.46. The van der Waals surface area contributed by atoms with Crippen LogP contribution in [-0.4, -0.2) is 33.1 Å². The predicted molar refractivity (Wildman–Crippen MR) is 144 cm³/mol. The first-order valence-corrected chi connectivity index (χ1v) is 16.2. The number of hydrogen-bond donors (Lipinski definition) is 3. The second kappa shape index (κ2) is 8.63. The number of alkyl halides is 1. The Labute approximate surface area is 227 Å². The molecule has 4 fully saturated rings. The second-order valence-corrected chi connectivity index (χ2v) is 16.3. The third kappa shape index (κ3) is 3.59. The third-order valence-corrected chi connectivity index (χ3v) is 14.2. The van der Waals surface area contributed by atoms with Crippen molar-refractivity contribution in [3.05, 3.63) is 11.6 Å². The van der Waals surface area contributed by atoms with Gasteiger partial charge in [-0.2, -0.15) is 0 Å². The lowest BCUT2D eigenvalue weighted by molar-refractivity contribution is -0.230. The third-order valence-electron chi connectivity index (χ3n) is 13.6. The van der Waals surface area contributed by atoms with Gasteiger partial charge >= 0.3 is 13.8 Å². The van der Waals surface area contributed by atoms with Crippen LogP contribution in [0.1, 0.15) is 99.8 Å². The number of aliphatic carboxylic acids is 1. The molecule has 6 nitrogen and oxygen atoms in total. The Bertz CT molecular complexity index is 1080. The zero-order valence-electron chi connectivity index (χ0n) is 24.2. The fourth-order valence-corrected chi connectivity index (χ4v) is 11.8. The normalized spacial score (nSPS) is 52.1. The quantitative estimate of drug-likeness (QED) is 0.253. The highest BCUT2D eigenvalue weighted by Gasteiger charge is 2.72. The van der Waals surface area contributed by atoms with Crippen LogP contribution in [0.2, 0.25) is 0 Å². The van der Waals surface area contributed by atoms with Crippen molar-refractivity contribution in [2.45, 2.75) is 112 Å². The van der Waals surface area contributed by atoms with E-state index in [4.69, 9.17) is 4.52 Å². The summed E-state index contributed by atoms with van der Waals surface area (Å²) in [5.41, 5.74) is -1.43. The van der Waals surface area contributed by atoms with Gasteiger partial charge in [0.1, 0.15) is 6.17 Å². The van der Waals surface area contributed by atoms with Crippen molar-refractivity contribution < 1.29 is 33.2 Å². The fraction of sp³-hybridized carbons (Fsp3) is 0.900. The van der Waals surface area contributed by atoms with Crippen molar-refractivity contribution in [1.82, 2.24) is 0 Å². The zero-order valence-corrected chi connectivity index (χ0v) is 25.1. The van der Waals surface area contributed by atoms with Crippen molar-refractivity contribution in [3.63, 3.8) is 0 Å². The van der Waals surface area contributed by atoms with Crippen molar-refractivity contribution in [3.8, 4) is 0 Å². The first-order chi connectivity index (χ1) is 17.4. The van der Waals surface area contributed by atoms with Crippen molar-refractivity contribution in [1.29, 1.82) is 0 Å². The Morgan fingerprint density at radius 2 is 1.68 bits per heavy atom. The minimum absolute atomic E-state index is 0.0569. The monoisotopic (exact) mass is 554 g/mol. The van der Waals surface area contributed by atoms with Gasteiger partial charge in [-0.05, 0) is 97.2 Å². The highest BCUT2D eigenvalue weighted by atomic mass is 31.2. The van der Waals surface area contributed by atoms with Gasteiger partial charge < -0.3 is 14.9 Å². The number of halogens is 1. The van der Waals surface area contributed by atoms with Crippen molar-refractivity contribution >= 4 is 13.8 Å². The molecule has 8 heteroatoms. The van der Waals surface area contributed by atoms with E-state index in [0.717, 1.165) is 19.3 Å². The maximum atomic E-state index is 17.0. The Kier molecular flexibility index (Phi) is 6.53. The molecule has 0 amide bonds. The maximum Gasteiger partial charge on any atom is 0.469 e. The van der Waals surface area contributed by atoms with E-state index >= 15 is 4.39 Å². The van der Waals surface area contributed by atoms with Crippen LogP contribution in [0.25, 0.3) is 0 Å². The molecular formula is C30H48FO6P. The number of hydrogen-bond acceptors (Lipinski definition) is 3. The number of allylic oxidation sites excluding steroid dienone is 2. The lowest BCUT2D eigenvalue weighted by Gasteiger charge is -2.72. The van der Waals surface area contributed by atoms with Gasteiger partial charge in [-0.3, -0.25) is 9.32 Å². The number of carboxylic acid groups (broad SMARTS) is 1. The van der Waals surface area contributed by atoms with E-state index in [1.54, 1.807) is 0 Å². The van der Waals surface area contributed by atoms with Gasteiger partial charge in [0.2, 0.25) is 0 Å². The summed E-state index contributed by atoms with van der Waals surface area (Å²) in [7, 11) is -4.66. The van der Waals surface area contributed by atoms with Gasteiger partial charge in [-0.15, -0.1) is 0 Å². The number of carboxylic acids is 1. The summed E-state index contributed by atoms with van der Waals surface area (Å²) in [6.07, 6.45) is 5.82. The Morgan fingerprint density at radius 3 is 2.29 bits per heavy atom. The van der Waals surface area contributed by atoms with E-state index in [1.165, 1.54) is 5.57 Å². The molecule has 0 spiro atoms. The van der Waals surface area contributed by atoms with Crippen LogP contribution < -0.4 is 0 Å². The molecule has 38 heavy (non-hydrogen) atoms. The first-order valence-electron chi connectivity index (χ1n) is 14.7. The lowest BCUT2D eigenvalue weighted by Crippen LogP contribution is -2.68. The average Bonchev–Trinajstić information content (AvgIpc) is 2.80. The molecule has 5 aliphatic carbocycles. The predicted octanol–water partition coefficient (Wildman–Crippen LogP) is 7.15. The van der Waals surface area contributed by atoms with E-state index in [2.05, 4.69) is 40.7 Å². The van der Waals surface area contributed by atoms with Crippen molar-refractivity contribution in [2.75, 3.05) is 0 Å². The summed E-state index contributed by atoms with van der Waals surface area (Å²) in [6.45, 7) is 15.1. The lowest BCUT2D eigenvalue weighted by atomic mass is 9.33. The van der Waals surface area contributed by atoms with Gasteiger partial charge in [-0.25, -0.2) is 8.96 Å². The maximum absolute atomic E-state index is 17.0. The standard InChI is InChI=1S/C30H48FO6P/c1-17-10-13-30(25(32)33)15-14-28(6)19(24(30)18(17)2)8-9-20-27(5)12-11-23(37-38(34,35)36)26(3,4)21(27)16-22(31)29(20,28)7/h8,17-18,20-24H,9-16H2,1-7H3,(H,32,33)(H2,34,35,36). The van der Waals surface area contributed by atoms with E-state index in [1.807, 2.05) is 13.8 Å². The number of fused-ring (bicyclic) bond motifs is 7. The largest absolute Gasteiger partial charge is 0.481 e. The first kappa shape index (κ1) is 28.8. The zero-order chi connectivity index (χ0) is 28.3. The van der Waals surface area contributed by atoms with Crippen LogP contribution in [-0.2, 0) is 13.9 Å². The molecule has 11 unspecified atom stereocenters. The van der Waals surface area contributed by atoms with Crippen LogP contribution in [0.5, 0.6) is 0 Å². The van der Waals surface area contributed by atoms with E-state index in [0.29, 0.717) is 38.0 Å². The summed E-state index contributed by atoms with van der Waals surface area (Å²) in [4.78, 5) is 32.0. The van der Waals surface area contributed by atoms with Crippen molar-refractivity contribution in [2.24, 2.45) is 56.7 Å². The van der Waals surface area contributed by atoms with Crippen LogP contribution >= 0.6 is 7.82 Å². The summed E-state index contributed by atoms with van der Waals surface area (Å²) in [5, 5.41) is 10.5. The molecule has 216 valence electrons. The van der Waals surface area contributed by atoms with Gasteiger partial charge in [0.05, 0.1) is 11.5 Å². The van der Waals surface area contributed by atoms with Gasteiger partial charge in [0, 0.05) is 5.41 Å². The Morgan fingerprint density at radius 1 is 1.03 bits per heavy atom. The molecule has 0 bridgehead atoms. The molecule has 5 rings (SSSR count). The van der Waals surface area contributed by atoms with Gasteiger partial charge in [0.15, 0.2) is 0 Å². The molecule has 11 atom stereocenters. The topological polar surface area (TPSA) is 104 Å². The number of rotatable bonds is 3. The smallest absolute Gasteiger partial charge is 0.469 e. The van der Waals surface area contributed by atoms with Crippen LogP contribution in [0.4, 0.5) is 4.39 Å². The van der Waals surface area contributed by atoms with E-state index in [-0.39, 0.29) is 29.1 Å². The molecule has 0 radical (unpaired) electrons. The molecular weight excluding hydrogens is 506 g/mol. The van der Waals surface area contributed by atoms with Crippen LogP contribution in [0, 0.1) is 56.7 Å². The molecule has 0 heterocycles. The number of phosphoric acid groups is 1. The van der Waals surface area contributed by atoms with Gasteiger partial charge in [-0.1, -0.05) is 60.1 Å². The van der Waals surface area contributed by atoms with Crippen LogP contribution in [0.3, 0.4) is 0 Å². The molecule has 5 aliphatic rings. The van der Waals surface area contributed by atoms with Gasteiger partial charge in [0.25, 0.3) is 0 Å². The van der Waals surface area contributed by atoms with E-state index in [9.17, 15) is 24.3 Å². The number of phosphoric ester groups is 1. The minimum Gasteiger partial charge on any atom is -0.481 e. The fourth-order valence-electron chi connectivity index (χ4n) is 11.1. The molecule has 0 aromatic rings.